The SMILES string of the molecule is CN(C(=O)CF)c1ccc(N2CCCCC2=O)cc1. The minimum Gasteiger partial charge on any atom is -0.313 e. The second kappa shape index (κ2) is 5.82. The Morgan fingerprint density at radius 1 is 1.32 bits per heavy atom. The van der Waals surface area contributed by atoms with Crippen LogP contribution in [0.25, 0.3) is 0 Å². The summed E-state index contributed by atoms with van der Waals surface area (Å²) in [4.78, 5) is 26.0. The van der Waals surface area contributed by atoms with Gasteiger partial charge in [0.15, 0.2) is 6.67 Å². The molecule has 5 heteroatoms. The van der Waals surface area contributed by atoms with E-state index in [1.54, 1.807) is 29.2 Å². The number of carbonyl (C=O) groups excluding carboxylic acids is 2. The Bertz CT molecular complexity index is 473. The maximum Gasteiger partial charge on any atom is 0.258 e. The van der Waals surface area contributed by atoms with Crippen molar-refractivity contribution in [2.45, 2.75) is 19.3 Å². The van der Waals surface area contributed by atoms with E-state index in [1.807, 2.05) is 0 Å². The Balaban J connectivity index is 2.14. The van der Waals surface area contributed by atoms with Gasteiger partial charge in [0.1, 0.15) is 0 Å². The van der Waals surface area contributed by atoms with Crippen molar-refractivity contribution in [2.75, 3.05) is 30.1 Å². The lowest BCUT2D eigenvalue weighted by Gasteiger charge is -2.27. The standard InChI is InChI=1S/C14H17FN2O2/c1-16(14(19)10-15)11-5-7-12(8-6-11)17-9-3-2-4-13(17)18/h5-8H,2-4,9-10H2,1H3. The summed E-state index contributed by atoms with van der Waals surface area (Å²) in [6, 6.07) is 7.04. The van der Waals surface area contributed by atoms with Crippen molar-refractivity contribution in [2.24, 2.45) is 0 Å². The Morgan fingerprint density at radius 2 is 2.00 bits per heavy atom. The van der Waals surface area contributed by atoms with E-state index in [-0.39, 0.29) is 5.91 Å². The molecule has 1 heterocycles. The lowest BCUT2D eigenvalue weighted by atomic mass is 10.1. The van der Waals surface area contributed by atoms with Crippen LogP contribution in [0.3, 0.4) is 0 Å². The van der Waals surface area contributed by atoms with Gasteiger partial charge in [0.2, 0.25) is 5.91 Å². The van der Waals surface area contributed by atoms with Crippen LogP contribution >= 0.6 is 0 Å². The summed E-state index contributed by atoms with van der Waals surface area (Å²) in [5, 5.41) is 0. The molecule has 0 radical (unpaired) electrons. The summed E-state index contributed by atoms with van der Waals surface area (Å²) >= 11 is 0. The van der Waals surface area contributed by atoms with Crippen LogP contribution in [-0.4, -0.2) is 32.1 Å². The van der Waals surface area contributed by atoms with Crippen molar-refractivity contribution in [1.82, 2.24) is 0 Å². The van der Waals surface area contributed by atoms with E-state index in [0.717, 1.165) is 25.1 Å². The summed E-state index contributed by atoms with van der Waals surface area (Å²) in [5.41, 5.74) is 1.45. The largest absolute Gasteiger partial charge is 0.313 e. The van der Waals surface area contributed by atoms with Crippen molar-refractivity contribution in [3.8, 4) is 0 Å². The minimum absolute atomic E-state index is 0.132. The van der Waals surface area contributed by atoms with E-state index in [0.29, 0.717) is 12.1 Å². The van der Waals surface area contributed by atoms with Crippen LogP contribution in [0.4, 0.5) is 15.8 Å². The number of halogens is 1. The number of hydrogen-bond donors (Lipinski definition) is 0. The number of carbonyl (C=O) groups is 2. The van der Waals surface area contributed by atoms with Crippen molar-refractivity contribution in [3.05, 3.63) is 24.3 Å². The first-order chi connectivity index (χ1) is 9.13. The van der Waals surface area contributed by atoms with Crippen LogP contribution in [0.1, 0.15) is 19.3 Å². The van der Waals surface area contributed by atoms with Gasteiger partial charge in [-0.25, -0.2) is 4.39 Å². The Morgan fingerprint density at radius 3 is 2.58 bits per heavy atom. The topological polar surface area (TPSA) is 40.6 Å². The van der Waals surface area contributed by atoms with Crippen molar-refractivity contribution in [1.29, 1.82) is 0 Å². The highest BCUT2D eigenvalue weighted by Gasteiger charge is 2.19. The number of anilines is 2. The second-order valence-corrected chi connectivity index (χ2v) is 4.61. The third-order valence-corrected chi connectivity index (χ3v) is 3.36. The number of nitrogens with zero attached hydrogens (tertiary/aromatic N) is 2. The van der Waals surface area contributed by atoms with Gasteiger partial charge in [-0.15, -0.1) is 0 Å². The van der Waals surface area contributed by atoms with Gasteiger partial charge in [0, 0.05) is 31.4 Å². The maximum absolute atomic E-state index is 12.3. The molecule has 0 N–H and O–H groups in total. The van der Waals surface area contributed by atoms with Gasteiger partial charge in [-0.2, -0.15) is 0 Å². The van der Waals surface area contributed by atoms with Crippen LogP contribution in [0.2, 0.25) is 0 Å². The maximum atomic E-state index is 12.3. The summed E-state index contributed by atoms with van der Waals surface area (Å²) in [6.07, 6.45) is 2.54. The molecule has 0 spiro atoms. The molecular formula is C14H17FN2O2. The zero-order valence-electron chi connectivity index (χ0n) is 10.9. The zero-order chi connectivity index (χ0) is 13.8. The van der Waals surface area contributed by atoms with Crippen LogP contribution in [0.15, 0.2) is 24.3 Å². The molecule has 0 aromatic heterocycles. The Labute approximate surface area is 111 Å². The zero-order valence-corrected chi connectivity index (χ0v) is 10.9. The molecule has 2 amide bonds. The van der Waals surface area contributed by atoms with Gasteiger partial charge in [-0.3, -0.25) is 9.59 Å². The van der Waals surface area contributed by atoms with E-state index < -0.39 is 12.6 Å². The quantitative estimate of drug-likeness (QED) is 0.839. The summed E-state index contributed by atoms with van der Waals surface area (Å²) < 4.78 is 12.3. The average molecular weight is 264 g/mol. The molecule has 2 rings (SSSR count). The van der Waals surface area contributed by atoms with E-state index in [4.69, 9.17) is 0 Å². The van der Waals surface area contributed by atoms with Gasteiger partial charge < -0.3 is 9.80 Å². The highest BCUT2D eigenvalue weighted by molar-refractivity contribution is 5.96. The van der Waals surface area contributed by atoms with Crippen molar-refractivity contribution < 1.29 is 14.0 Å². The third-order valence-electron chi connectivity index (χ3n) is 3.36. The fourth-order valence-electron chi connectivity index (χ4n) is 2.17. The highest BCUT2D eigenvalue weighted by atomic mass is 19.1. The molecule has 0 saturated carbocycles. The number of alkyl halides is 1. The van der Waals surface area contributed by atoms with Gasteiger partial charge >= 0.3 is 0 Å². The molecule has 1 aliphatic heterocycles. The Kier molecular flexibility index (Phi) is 4.14. The first-order valence-electron chi connectivity index (χ1n) is 6.36. The molecule has 1 saturated heterocycles. The molecule has 102 valence electrons. The first kappa shape index (κ1) is 13.5. The molecule has 19 heavy (non-hydrogen) atoms. The Hall–Kier alpha value is -1.91. The molecule has 1 fully saturated rings. The second-order valence-electron chi connectivity index (χ2n) is 4.61. The normalized spacial score (nSPS) is 15.5. The lowest BCUT2D eigenvalue weighted by molar-refractivity contribution is -0.120. The van der Waals surface area contributed by atoms with Gasteiger partial charge in [-0.1, -0.05) is 0 Å². The van der Waals surface area contributed by atoms with Crippen LogP contribution in [0.5, 0.6) is 0 Å². The predicted molar refractivity (Wildman–Crippen MR) is 72.0 cm³/mol. The summed E-state index contributed by atoms with van der Waals surface area (Å²) in [5.74, 6) is -0.450. The molecule has 4 nitrogen and oxygen atoms in total. The van der Waals surface area contributed by atoms with E-state index in [9.17, 15) is 14.0 Å². The lowest BCUT2D eigenvalue weighted by Crippen LogP contribution is -2.35. The van der Waals surface area contributed by atoms with Crippen molar-refractivity contribution in [3.63, 3.8) is 0 Å². The predicted octanol–water partition coefficient (Wildman–Crippen LogP) is 2.14. The number of amides is 2. The van der Waals surface area contributed by atoms with Gasteiger partial charge in [0.05, 0.1) is 0 Å². The van der Waals surface area contributed by atoms with Crippen LogP contribution in [-0.2, 0) is 9.59 Å². The summed E-state index contributed by atoms with van der Waals surface area (Å²) in [7, 11) is 1.53. The number of hydrogen-bond acceptors (Lipinski definition) is 2. The third kappa shape index (κ3) is 2.92. The molecular weight excluding hydrogens is 247 g/mol. The smallest absolute Gasteiger partial charge is 0.258 e. The molecule has 0 aliphatic carbocycles. The monoisotopic (exact) mass is 264 g/mol. The summed E-state index contributed by atoms with van der Waals surface area (Å²) in [6.45, 7) is -0.277. The fourth-order valence-corrected chi connectivity index (χ4v) is 2.17. The number of benzene rings is 1. The first-order valence-corrected chi connectivity index (χ1v) is 6.36. The fraction of sp³-hybridized carbons (Fsp3) is 0.429. The number of rotatable bonds is 3. The molecule has 0 atom stereocenters. The molecule has 0 bridgehead atoms. The highest BCUT2D eigenvalue weighted by Crippen LogP contribution is 2.23. The van der Waals surface area contributed by atoms with E-state index in [1.165, 1.54) is 11.9 Å². The van der Waals surface area contributed by atoms with Gasteiger partial charge in [-0.05, 0) is 37.1 Å². The van der Waals surface area contributed by atoms with Crippen LogP contribution in [0, 0.1) is 0 Å². The average Bonchev–Trinajstić information content (AvgIpc) is 2.46. The van der Waals surface area contributed by atoms with Gasteiger partial charge in [0.25, 0.3) is 5.91 Å². The molecule has 1 aromatic carbocycles. The van der Waals surface area contributed by atoms with E-state index >= 15 is 0 Å². The minimum atomic E-state index is -1.01. The van der Waals surface area contributed by atoms with Crippen LogP contribution < -0.4 is 9.80 Å². The molecule has 1 aromatic rings. The molecule has 1 aliphatic rings. The van der Waals surface area contributed by atoms with E-state index in [2.05, 4.69) is 0 Å². The molecule has 0 unspecified atom stereocenters. The number of piperidine rings is 1. The van der Waals surface area contributed by atoms with Crippen molar-refractivity contribution >= 4 is 23.2 Å².